The molecule has 0 aliphatic heterocycles. The number of hydrogen-bond acceptors (Lipinski definition) is 5. The maximum Gasteiger partial charge on any atom is 0.166 e. The van der Waals surface area contributed by atoms with E-state index in [4.69, 9.17) is 12.2 Å². The molecule has 3 rings (SSSR count). The van der Waals surface area contributed by atoms with Gasteiger partial charge in [-0.3, -0.25) is 0 Å². The van der Waals surface area contributed by atoms with Crippen molar-refractivity contribution in [3.63, 3.8) is 0 Å². The molecule has 0 saturated heterocycles. The number of aromatic nitrogens is 4. The molecule has 0 aliphatic rings. The highest BCUT2D eigenvalue weighted by atomic mass is 15.1. The Hall–Kier alpha value is -3.07. The standard InChI is InChI=1S/C14H12N6/c1-2-6-20-9-18-12-13(16-8-17-14(12)20)19-11-5-3-4-10(15)7-11/h1,3-5,7-9H,6,15H2,(H,16,17,19). The van der Waals surface area contributed by atoms with Crippen molar-refractivity contribution in [3.8, 4) is 12.3 Å². The fourth-order valence-electron chi connectivity index (χ4n) is 1.94. The van der Waals surface area contributed by atoms with Crippen LogP contribution in [0, 0.1) is 12.3 Å². The fraction of sp³-hybridized carbons (Fsp3) is 0.0714. The molecule has 0 unspecified atom stereocenters. The summed E-state index contributed by atoms with van der Waals surface area (Å²) in [7, 11) is 0. The smallest absolute Gasteiger partial charge is 0.166 e. The quantitative estimate of drug-likeness (QED) is 0.556. The maximum absolute atomic E-state index is 5.75. The van der Waals surface area contributed by atoms with Crippen molar-refractivity contribution in [1.29, 1.82) is 0 Å². The van der Waals surface area contributed by atoms with Gasteiger partial charge >= 0.3 is 0 Å². The van der Waals surface area contributed by atoms with E-state index in [2.05, 4.69) is 26.2 Å². The minimum absolute atomic E-state index is 0.422. The highest BCUT2D eigenvalue weighted by Crippen LogP contribution is 2.22. The lowest BCUT2D eigenvalue weighted by atomic mass is 10.3. The number of benzene rings is 1. The average molecular weight is 264 g/mol. The number of terminal acetylenes is 1. The number of fused-ring (bicyclic) bond motifs is 1. The monoisotopic (exact) mass is 264 g/mol. The van der Waals surface area contributed by atoms with Crippen LogP contribution in [0.4, 0.5) is 17.2 Å². The first-order valence-electron chi connectivity index (χ1n) is 6.00. The van der Waals surface area contributed by atoms with Gasteiger partial charge in [0.2, 0.25) is 0 Å². The summed E-state index contributed by atoms with van der Waals surface area (Å²) in [5, 5.41) is 3.18. The summed E-state index contributed by atoms with van der Waals surface area (Å²) in [6.07, 6.45) is 8.45. The largest absolute Gasteiger partial charge is 0.399 e. The van der Waals surface area contributed by atoms with Crippen molar-refractivity contribution < 1.29 is 0 Å². The van der Waals surface area contributed by atoms with Gasteiger partial charge in [0.15, 0.2) is 17.0 Å². The Morgan fingerprint density at radius 1 is 1.30 bits per heavy atom. The van der Waals surface area contributed by atoms with E-state index in [9.17, 15) is 0 Å². The SMILES string of the molecule is C#CCn1cnc2c(Nc3cccc(N)c3)ncnc21. The predicted octanol–water partition coefficient (Wildman–Crippen LogP) is 1.79. The molecule has 6 heteroatoms. The van der Waals surface area contributed by atoms with Crippen molar-refractivity contribution in [2.75, 3.05) is 11.1 Å². The molecule has 0 saturated carbocycles. The van der Waals surface area contributed by atoms with Crippen LogP contribution in [-0.4, -0.2) is 19.5 Å². The Bertz CT molecular complexity index is 799. The molecule has 2 heterocycles. The van der Waals surface area contributed by atoms with Gasteiger partial charge in [0, 0.05) is 11.4 Å². The molecule has 0 radical (unpaired) electrons. The maximum atomic E-state index is 5.75. The third-order valence-corrected chi connectivity index (χ3v) is 2.81. The lowest BCUT2D eigenvalue weighted by molar-refractivity contribution is 0.857. The van der Waals surface area contributed by atoms with E-state index in [1.54, 1.807) is 10.9 Å². The Labute approximate surface area is 115 Å². The molecular weight excluding hydrogens is 252 g/mol. The van der Waals surface area contributed by atoms with Gasteiger partial charge in [-0.15, -0.1) is 6.42 Å². The van der Waals surface area contributed by atoms with E-state index >= 15 is 0 Å². The van der Waals surface area contributed by atoms with Gasteiger partial charge in [0.1, 0.15) is 6.33 Å². The van der Waals surface area contributed by atoms with E-state index in [-0.39, 0.29) is 0 Å². The van der Waals surface area contributed by atoms with E-state index in [0.717, 1.165) is 5.69 Å². The number of imidazole rings is 1. The summed E-state index contributed by atoms with van der Waals surface area (Å²) in [4.78, 5) is 12.7. The minimum atomic E-state index is 0.422. The number of anilines is 3. The Kier molecular flexibility index (Phi) is 2.94. The summed E-state index contributed by atoms with van der Waals surface area (Å²) >= 11 is 0. The highest BCUT2D eigenvalue weighted by Gasteiger charge is 2.09. The summed E-state index contributed by atoms with van der Waals surface area (Å²) in [6.45, 7) is 0.422. The van der Waals surface area contributed by atoms with Crippen molar-refractivity contribution in [2.45, 2.75) is 6.54 Å². The van der Waals surface area contributed by atoms with Crippen molar-refractivity contribution in [3.05, 3.63) is 36.9 Å². The molecule has 98 valence electrons. The van der Waals surface area contributed by atoms with E-state index in [0.29, 0.717) is 29.2 Å². The first kappa shape index (κ1) is 12.0. The van der Waals surface area contributed by atoms with Crippen LogP contribution < -0.4 is 11.1 Å². The summed E-state index contributed by atoms with van der Waals surface area (Å²) in [5.41, 5.74) is 8.65. The second-order valence-electron chi connectivity index (χ2n) is 4.22. The van der Waals surface area contributed by atoms with Crippen LogP contribution in [0.1, 0.15) is 0 Å². The van der Waals surface area contributed by atoms with Gasteiger partial charge < -0.3 is 15.6 Å². The van der Waals surface area contributed by atoms with Crippen LogP contribution in [0.2, 0.25) is 0 Å². The Morgan fingerprint density at radius 2 is 2.20 bits per heavy atom. The highest BCUT2D eigenvalue weighted by molar-refractivity contribution is 5.85. The van der Waals surface area contributed by atoms with E-state index < -0.39 is 0 Å². The number of nitrogens with zero attached hydrogens (tertiary/aromatic N) is 4. The number of nitrogen functional groups attached to an aromatic ring is 1. The average Bonchev–Trinajstić information content (AvgIpc) is 2.84. The Balaban J connectivity index is 2.02. The van der Waals surface area contributed by atoms with Gasteiger partial charge in [0.05, 0.1) is 12.9 Å². The molecule has 0 atom stereocenters. The minimum Gasteiger partial charge on any atom is -0.399 e. The number of nitrogens with two attached hydrogens (primary N) is 1. The van der Waals surface area contributed by atoms with E-state index in [1.807, 2.05) is 24.3 Å². The number of hydrogen-bond donors (Lipinski definition) is 2. The predicted molar refractivity (Wildman–Crippen MR) is 78.3 cm³/mol. The van der Waals surface area contributed by atoms with Gasteiger partial charge in [-0.25, -0.2) is 15.0 Å². The topological polar surface area (TPSA) is 81.7 Å². The molecule has 2 aromatic heterocycles. The fourth-order valence-corrected chi connectivity index (χ4v) is 1.94. The van der Waals surface area contributed by atoms with Crippen LogP contribution in [0.15, 0.2) is 36.9 Å². The molecule has 6 nitrogen and oxygen atoms in total. The first-order chi connectivity index (χ1) is 9.78. The molecule has 3 N–H and O–H groups in total. The van der Waals surface area contributed by atoms with Gasteiger partial charge in [-0.05, 0) is 18.2 Å². The molecule has 1 aromatic carbocycles. The van der Waals surface area contributed by atoms with Gasteiger partial charge in [-0.1, -0.05) is 12.0 Å². The molecule has 0 bridgehead atoms. The third-order valence-electron chi connectivity index (χ3n) is 2.81. The van der Waals surface area contributed by atoms with Crippen molar-refractivity contribution in [2.24, 2.45) is 0 Å². The molecule has 3 aromatic rings. The summed E-state index contributed by atoms with van der Waals surface area (Å²) in [6, 6.07) is 7.42. The van der Waals surface area contributed by atoms with Gasteiger partial charge in [-0.2, -0.15) is 0 Å². The van der Waals surface area contributed by atoms with Crippen LogP contribution in [0.25, 0.3) is 11.2 Å². The first-order valence-corrected chi connectivity index (χ1v) is 6.00. The zero-order valence-electron chi connectivity index (χ0n) is 10.6. The van der Waals surface area contributed by atoms with Crippen molar-refractivity contribution in [1.82, 2.24) is 19.5 Å². The number of rotatable bonds is 3. The lowest BCUT2D eigenvalue weighted by Gasteiger charge is -2.06. The van der Waals surface area contributed by atoms with Crippen LogP contribution in [-0.2, 0) is 6.54 Å². The molecule has 20 heavy (non-hydrogen) atoms. The third kappa shape index (κ3) is 2.12. The normalized spacial score (nSPS) is 10.3. The zero-order valence-corrected chi connectivity index (χ0v) is 10.6. The number of nitrogens with one attached hydrogen (secondary N) is 1. The second-order valence-corrected chi connectivity index (χ2v) is 4.22. The molecule has 0 spiro atoms. The zero-order chi connectivity index (χ0) is 13.9. The van der Waals surface area contributed by atoms with Crippen molar-refractivity contribution >= 4 is 28.4 Å². The van der Waals surface area contributed by atoms with Gasteiger partial charge in [0.25, 0.3) is 0 Å². The summed E-state index contributed by atoms with van der Waals surface area (Å²) < 4.78 is 1.79. The molecule has 0 fully saturated rings. The second kappa shape index (κ2) is 4.90. The molecular formula is C14H12N6. The van der Waals surface area contributed by atoms with Crippen LogP contribution in [0.5, 0.6) is 0 Å². The van der Waals surface area contributed by atoms with Crippen LogP contribution in [0.3, 0.4) is 0 Å². The summed E-state index contributed by atoms with van der Waals surface area (Å²) in [5.74, 6) is 3.19. The Morgan fingerprint density at radius 3 is 3.00 bits per heavy atom. The van der Waals surface area contributed by atoms with Crippen LogP contribution >= 0.6 is 0 Å². The molecule has 0 amide bonds. The molecule has 0 aliphatic carbocycles. The van der Waals surface area contributed by atoms with E-state index in [1.165, 1.54) is 6.33 Å². The lowest BCUT2D eigenvalue weighted by Crippen LogP contribution is -1.99.